The number of hydrogen-bond acceptors (Lipinski definition) is 6. The van der Waals surface area contributed by atoms with Crippen molar-refractivity contribution < 1.29 is 19.4 Å². The van der Waals surface area contributed by atoms with Crippen LogP contribution in [-0.4, -0.2) is 42.0 Å². The van der Waals surface area contributed by atoms with Gasteiger partial charge in [0.1, 0.15) is 5.75 Å². The highest BCUT2D eigenvalue weighted by molar-refractivity contribution is 6.12. The van der Waals surface area contributed by atoms with E-state index in [0.717, 1.165) is 5.39 Å². The maximum atomic E-state index is 13.0. The molecule has 3 aromatic rings. The summed E-state index contributed by atoms with van der Waals surface area (Å²) in [5, 5.41) is 18.9. The summed E-state index contributed by atoms with van der Waals surface area (Å²) in [5.41, 5.74) is 2.44. The Morgan fingerprint density at radius 1 is 1.15 bits per heavy atom. The van der Waals surface area contributed by atoms with Crippen LogP contribution in [0.4, 0.5) is 5.69 Å². The van der Waals surface area contributed by atoms with Crippen LogP contribution in [0.5, 0.6) is 17.2 Å². The summed E-state index contributed by atoms with van der Waals surface area (Å²) in [6, 6.07) is 8.53. The lowest BCUT2D eigenvalue weighted by atomic mass is 9.97. The molecule has 7 heteroatoms. The van der Waals surface area contributed by atoms with Gasteiger partial charge in [-0.05, 0) is 24.6 Å². The van der Waals surface area contributed by atoms with Crippen LogP contribution in [0.25, 0.3) is 10.9 Å². The first kappa shape index (κ1) is 16.1. The van der Waals surface area contributed by atoms with Gasteiger partial charge in [0.05, 0.1) is 31.6 Å². The zero-order valence-electron chi connectivity index (χ0n) is 14.4. The maximum Gasteiger partial charge on any atom is 0.258 e. The van der Waals surface area contributed by atoms with Gasteiger partial charge in [0.15, 0.2) is 11.5 Å². The van der Waals surface area contributed by atoms with E-state index in [9.17, 15) is 9.90 Å². The van der Waals surface area contributed by atoms with Crippen LogP contribution >= 0.6 is 0 Å². The lowest BCUT2D eigenvalue weighted by Gasteiger charge is -2.29. The summed E-state index contributed by atoms with van der Waals surface area (Å²) in [7, 11) is 3.11. The van der Waals surface area contributed by atoms with Crippen molar-refractivity contribution in [2.24, 2.45) is 0 Å². The molecule has 1 aliphatic heterocycles. The number of rotatable bonds is 3. The Balaban J connectivity index is 1.86. The number of anilines is 1. The van der Waals surface area contributed by atoms with Gasteiger partial charge < -0.3 is 19.5 Å². The molecule has 0 atom stereocenters. The van der Waals surface area contributed by atoms with Crippen LogP contribution in [-0.2, 0) is 6.42 Å². The average molecular weight is 351 g/mol. The van der Waals surface area contributed by atoms with Gasteiger partial charge in [0, 0.05) is 29.1 Å². The molecule has 0 saturated carbocycles. The Kier molecular flexibility index (Phi) is 3.84. The van der Waals surface area contributed by atoms with Crippen molar-refractivity contribution >= 4 is 22.5 Å². The molecule has 0 spiro atoms. The Bertz CT molecular complexity index is 1020. The van der Waals surface area contributed by atoms with Gasteiger partial charge in [0.2, 0.25) is 0 Å². The molecule has 0 saturated heterocycles. The molecular formula is C19H17N3O4. The van der Waals surface area contributed by atoms with E-state index in [1.165, 1.54) is 0 Å². The number of phenolic OH excluding ortho intramolecular Hbond substituents is 1. The lowest BCUT2D eigenvalue weighted by molar-refractivity contribution is 0.0980. The van der Waals surface area contributed by atoms with Gasteiger partial charge in [0.25, 0.3) is 5.91 Å². The first-order valence-corrected chi connectivity index (χ1v) is 8.14. The second-order valence-electron chi connectivity index (χ2n) is 5.96. The van der Waals surface area contributed by atoms with Crippen molar-refractivity contribution in [3.8, 4) is 17.2 Å². The molecule has 0 fully saturated rings. The number of phenols is 1. The number of aromatic nitrogens is 2. The fraction of sp³-hybridized carbons (Fsp3) is 0.211. The number of methoxy groups -OCH3 is 2. The van der Waals surface area contributed by atoms with Crippen molar-refractivity contribution in [2.75, 3.05) is 25.7 Å². The molecule has 7 nitrogen and oxygen atoms in total. The van der Waals surface area contributed by atoms with Gasteiger partial charge in [-0.15, -0.1) is 0 Å². The standard InChI is InChI=1S/C19H17N3O4/c1-25-17-8-13-14(9-18(17)26-2)21-20-10-15(13)22-7-6-11-12(19(22)24)4-3-5-16(11)23/h3-5,8-10,23H,6-7H2,1-2H3. The van der Waals surface area contributed by atoms with Crippen LogP contribution in [0.2, 0.25) is 0 Å². The summed E-state index contributed by atoms with van der Waals surface area (Å²) in [6.07, 6.45) is 2.13. The Morgan fingerprint density at radius 3 is 2.69 bits per heavy atom. The topological polar surface area (TPSA) is 84.8 Å². The second-order valence-corrected chi connectivity index (χ2v) is 5.96. The molecule has 2 aromatic carbocycles. The quantitative estimate of drug-likeness (QED) is 0.781. The van der Waals surface area contributed by atoms with E-state index < -0.39 is 0 Å². The Labute approximate surface area is 149 Å². The van der Waals surface area contributed by atoms with Crippen LogP contribution < -0.4 is 14.4 Å². The summed E-state index contributed by atoms with van der Waals surface area (Å²) in [5.74, 6) is 1.08. The molecule has 26 heavy (non-hydrogen) atoms. The third-order valence-corrected chi connectivity index (χ3v) is 4.63. The van der Waals surface area contributed by atoms with Crippen LogP contribution in [0.15, 0.2) is 36.5 Å². The predicted molar refractivity (Wildman–Crippen MR) is 96.1 cm³/mol. The summed E-state index contributed by atoms with van der Waals surface area (Å²) in [6.45, 7) is 0.443. The Hall–Kier alpha value is -3.35. The zero-order valence-corrected chi connectivity index (χ0v) is 14.4. The number of nitrogens with zero attached hydrogens (tertiary/aromatic N) is 3. The molecule has 1 aliphatic rings. The SMILES string of the molecule is COc1cc2nncc(N3CCc4c(O)cccc4C3=O)c2cc1OC. The molecule has 132 valence electrons. The number of aromatic hydroxyl groups is 1. The van der Waals surface area contributed by atoms with E-state index in [0.29, 0.717) is 46.8 Å². The second kappa shape index (κ2) is 6.18. The largest absolute Gasteiger partial charge is 0.508 e. The molecule has 0 bridgehead atoms. The van der Waals surface area contributed by atoms with E-state index in [4.69, 9.17) is 9.47 Å². The number of fused-ring (bicyclic) bond motifs is 2. The van der Waals surface area contributed by atoms with E-state index in [1.807, 2.05) is 0 Å². The number of carbonyl (C=O) groups is 1. The van der Waals surface area contributed by atoms with Gasteiger partial charge in [-0.25, -0.2) is 0 Å². The van der Waals surface area contributed by atoms with Crippen molar-refractivity contribution in [1.29, 1.82) is 0 Å². The minimum Gasteiger partial charge on any atom is -0.508 e. The normalized spacial score (nSPS) is 13.6. The number of ether oxygens (including phenoxy) is 2. The van der Waals surface area contributed by atoms with E-state index in [2.05, 4.69) is 10.2 Å². The first-order valence-electron chi connectivity index (χ1n) is 8.14. The van der Waals surface area contributed by atoms with Crippen molar-refractivity contribution in [3.05, 3.63) is 47.7 Å². The van der Waals surface area contributed by atoms with Gasteiger partial charge >= 0.3 is 0 Å². The number of carbonyl (C=O) groups excluding carboxylic acids is 1. The molecule has 1 aromatic heterocycles. The third kappa shape index (κ3) is 2.40. The minimum atomic E-state index is -0.175. The maximum absolute atomic E-state index is 13.0. The van der Waals surface area contributed by atoms with Gasteiger partial charge in [-0.2, -0.15) is 10.2 Å². The zero-order chi connectivity index (χ0) is 18.3. The van der Waals surface area contributed by atoms with Gasteiger partial charge in [-0.1, -0.05) is 6.07 Å². The highest BCUT2D eigenvalue weighted by Gasteiger charge is 2.28. The van der Waals surface area contributed by atoms with E-state index in [-0.39, 0.29) is 11.7 Å². The first-order chi connectivity index (χ1) is 12.6. The monoisotopic (exact) mass is 351 g/mol. The molecule has 4 rings (SSSR count). The van der Waals surface area contributed by atoms with Crippen molar-refractivity contribution in [2.45, 2.75) is 6.42 Å². The van der Waals surface area contributed by atoms with Crippen LogP contribution in [0, 0.1) is 0 Å². The predicted octanol–water partition coefficient (Wildman–Crippen LogP) is 2.56. The Morgan fingerprint density at radius 2 is 1.92 bits per heavy atom. The molecular weight excluding hydrogens is 334 g/mol. The van der Waals surface area contributed by atoms with E-state index in [1.54, 1.807) is 55.6 Å². The molecule has 2 heterocycles. The highest BCUT2D eigenvalue weighted by atomic mass is 16.5. The molecule has 0 aliphatic carbocycles. The number of hydrogen-bond donors (Lipinski definition) is 1. The fourth-order valence-corrected chi connectivity index (χ4v) is 3.32. The molecule has 0 radical (unpaired) electrons. The molecule has 1 N–H and O–H groups in total. The number of amides is 1. The summed E-state index contributed by atoms with van der Waals surface area (Å²) in [4.78, 5) is 14.7. The van der Waals surface area contributed by atoms with Gasteiger partial charge in [-0.3, -0.25) is 4.79 Å². The average Bonchev–Trinajstić information content (AvgIpc) is 2.67. The minimum absolute atomic E-state index is 0.152. The summed E-state index contributed by atoms with van der Waals surface area (Å²) < 4.78 is 10.7. The third-order valence-electron chi connectivity index (χ3n) is 4.63. The van der Waals surface area contributed by atoms with Crippen molar-refractivity contribution in [3.63, 3.8) is 0 Å². The fourth-order valence-electron chi connectivity index (χ4n) is 3.32. The van der Waals surface area contributed by atoms with Crippen LogP contribution in [0.3, 0.4) is 0 Å². The van der Waals surface area contributed by atoms with Crippen molar-refractivity contribution in [1.82, 2.24) is 10.2 Å². The number of benzene rings is 2. The molecule has 1 amide bonds. The highest BCUT2D eigenvalue weighted by Crippen LogP contribution is 2.37. The molecule has 0 unspecified atom stereocenters. The van der Waals surface area contributed by atoms with E-state index >= 15 is 0 Å². The van der Waals surface area contributed by atoms with Crippen LogP contribution in [0.1, 0.15) is 15.9 Å². The lowest BCUT2D eigenvalue weighted by Crippen LogP contribution is -2.37. The summed E-state index contributed by atoms with van der Waals surface area (Å²) >= 11 is 0. The smallest absolute Gasteiger partial charge is 0.258 e.